The molecule has 1 unspecified atom stereocenters. The summed E-state index contributed by atoms with van der Waals surface area (Å²) in [7, 11) is 0. The van der Waals surface area contributed by atoms with Gasteiger partial charge in [-0.3, -0.25) is 9.79 Å². The molecular weight excluding hydrogens is 336 g/mol. The molecule has 1 heterocycles. The summed E-state index contributed by atoms with van der Waals surface area (Å²) in [5.41, 5.74) is 3.45. The normalized spacial score (nSPS) is 16.9. The highest BCUT2D eigenvalue weighted by molar-refractivity contribution is 6.20. The molecule has 142 valence electrons. The van der Waals surface area contributed by atoms with E-state index in [1.54, 1.807) is 12.1 Å². The Hall–Kier alpha value is -2.62. The number of fused-ring (bicyclic) bond motifs is 1. The first-order chi connectivity index (χ1) is 13.0. The van der Waals surface area contributed by atoms with Gasteiger partial charge in [0, 0.05) is 17.7 Å². The van der Waals surface area contributed by atoms with Gasteiger partial charge in [0.05, 0.1) is 11.4 Å². The standard InChI is InChI=1S/C23H28N2O2/c1-4-5-8-14-25-20-13-7-6-12-19(20)22(17-10-9-11-18(26)15-17)24-21(16(2)3)23(25)27/h6-7,9-13,15-16,21,26H,4-5,8,14H2,1-3H3. The molecule has 0 spiro atoms. The number of carbonyl (C=O) groups excluding carboxylic acids is 1. The van der Waals surface area contributed by atoms with E-state index in [0.29, 0.717) is 6.54 Å². The zero-order valence-corrected chi connectivity index (χ0v) is 16.4. The Morgan fingerprint density at radius 1 is 1.11 bits per heavy atom. The molecule has 0 aliphatic carbocycles. The number of anilines is 1. The number of benzodiazepines with no additional fused rings is 1. The van der Waals surface area contributed by atoms with Crippen molar-refractivity contribution in [2.24, 2.45) is 10.9 Å². The lowest BCUT2D eigenvalue weighted by atomic mass is 9.99. The van der Waals surface area contributed by atoms with Crippen molar-refractivity contribution in [3.63, 3.8) is 0 Å². The number of phenolic OH excluding ortho intramolecular Hbond substituents is 1. The molecular formula is C23H28N2O2. The maximum Gasteiger partial charge on any atom is 0.252 e. The molecule has 0 saturated heterocycles. The van der Waals surface area contributed by atoms with Gasteiger partial charge in [0.1, 0.15) is 11.8 Å². The first kappa shape index (κ1) is 19.2. The smallest absolute Gasteiger partial charge is 0.252 e. The number of phenols is 1. The fourth-order valence-electron chi connectivity index (χ4n) is 3.52. The molecule has 2 aromatic carbocycles. The van der Waals surface area contributed by atoms with Crippen LogP contribution in [0.25, 0.3) is 0 Å². The van der Waals surface area contributed by atoms with E-state index < -0.39 is 6.04 Å². The average Bonchev–Trinajstić information content (AvgIpc) is 2.77. The molecule has 0 saturated carbocycles. The number of hydrogen-bond acceptors (Lipinski definition) is 3. The predicted octanol–water partition coefficient (Wildman–Crippen LogP) is 4.79. The minimum atomic E-state index is -0.434. The number of hydrogen-bond donors (Lipinski definition) is 1. The van der Waals surface area contributed by atoms with E-state index in [9.17, 15) is 9.90 Å². The Morgan fingerprint density at radius 2 is 1.89 bits per heavy atom. The molecule has 4 heteroatoms. The third-order valence-electron chi connectivity index (χ3n) is 4.97. The van der Waals surface area contributed by atoms with Gasteiger partial charge in [-0.1, -0.05) is 63.9 Å². The van der Waals surface area contributed by atoms with Crippen LogP contribution >= 0.6 is 0 Å². The van der Waals surface area contributed by atoms with Crippen molar-refractivity contribution in [1.29, 1.82) is 0 Å². The predicted molar refractivity (Wildman–Crippen MR) is 111 cm³/mol. The maximum absolute atomic E-state index is 13.4. The zero-order valence-electron chi connectivity index (χ0n) is 16.4. The number of aromatic hydroxyl groups is 1. The second-order valence-electron chi connectivity index (χ2n) is 7.43. The third-order valence-corrected chi connectivity index (χ3v) is 4.97. The summed E-state index contributed by atoms with van der Waals surface area (Å²) in [5, 5.41) is 9.95. The number of para-hydroxylation sites is 1. The number of amides is 1. The highest BCUT2D eigenvalue weighted by Crippen LogP contribution is 2.31. The molecule has 1 amide bonds. The largest absolute Gasteiger partial charge is 0.508 e. The molecule has 1 aliphatic rings. The van der Waals surface area contributed by atoms with Crippen LogP contribution in [0.4, 0.5) is 5.69 Å². The minimum Gasteiger partial charge on any atom is -0.508 e. The number of unbranched alkanes of at least 4 members (excludes halogenated alkanes) is 2. The molecule has 3 rings (SSSR count). The van der Waals surface area contributed by atoms with Gasteiger partial charge >= 0.3 is 0 Å². The third kappa shape index (κ3) is 4.05. The van der Waals surface area contributed by atoms with Crippen molar-refractivity contribution < 1.29 is 9.90 Å². The summed E-state index contributed by atoms with van der Waals surface area (Å²) in [5.74, 6) is 0.348. The van der Waals surface area contributed by atoms with Crippen LogP contribution in [0.1, 0.15) is 51.2 Å². The molecule has 27 heavy (non-hydrogen) atoms. The molecule has 0 radical (unpaired) electrons. The number of rotatable bonds is 6. The van der Waals surface area contributed by atoms with Crippen molar-refractivity contribution in [3.8, 4) is 5.75 Å². The van der Waals surface area contributed by atoms with Crippen LogP contribution in [-0.4, -0.2) is 29.3 Å². The Kier molecular flexibility index (Phi) is 5.94. The van der Waals surface area contributed by atoms with E-state index in [-0.39, 0.29) is 17.6 Å². The number of nitrogens with zero attached hydrogens (tertiary/aromatic N) is 2. The Bertz CT molecular complexity index is 842. The molecule has 2 aromatic rings. The van der Waals surface area contributed by atoms with Crippen LogP contribution in [0.5, 0.6) is 5.75 Å². The summed E-state index contributed by atoms with van der Waals surface area (Å²) in [6, 6.07) is 14.6. The number of aliphatic imine (C=N–C) groups is 1. The highest BCUT2D eigenvalue weighted by Gasteiger charge is 2.33. The maximum atomic E-state index is 13.4. The first-order valence-electron chi connectivity index (χ1n) is 9.81. The van der Waals surface area contributed by atoms with Crippen molar-refractivity contribution in [2.75, 3.05) is 11.4 Å². The van der Waals surface area contributed by atoms with Crippen molar-refractivity contribution in [3.05, 3.63) is 59.7 Å². The average molecular weight is 364 g/mol. The monoisotopic (exact) mass is 364 g/mol. The van der Waals surface area contributed by atoms with Gasteiger partial charge in [0.2, 0.25) is 0 Å². The van der Waals surface area contributed by atoms with Gasteiger partial charge in [-0.05, 0) is 30.5 Å². The molecule has 0 bridgehead atoms. The van der Waals surface area contributed by atoms with Crippen LogP contribution in [0, 0.1) is 5.92 Å². The van der Waals surface area contributed by atoms with Gasteiger partial charge in [-0.2, -0.15) is 0 Å². The molecule has 1 N–H and O–H groups in total. The lowest BCUT2D eigenvalue weighted by Crippen LogP contribution is -2.40. The second-order valence-corrected chi connectivity index (χ2v) is 7.43. The topological polar surface area (TPSA) is 52.9 Å². The second kappa shape index (κ2) is 8.38. The highest BCUT2D eigenvalue weighted by atomic mass is 16.3. The SMILES string of the molecule is CCCCCN1C(=O)C(C(C)C)N=C(c2cccc(O)c2)c2ccccc21. The van der Waals surface area contributed by atoms with Crippen LogP contribution in [0.2, 0.25) is 0 Å². The molecule has 1 atom stereocenters. The summed E-state index contributed by atoms with van der Waals surface area (Å²) >= 11 is 0. The molecule has 1 aliphatic heterocycles. The van der Waals surface area contributed by atoms with Crippen LogP contribution in [0.3, 0.4) is 0 Å². The number of carbonyl (C=O) groups is 1. The van der Waals surface area contributed by atoms with E-state index in [4.69, 9.17) is 4.99 Å². The summed E-state index contributed by atoms with van der Waals surface area (Å²) < 4.78 is 0. The van der Waals surface area contributed by atoms with Crippen LogP contribution in [-0.2, 0) is 4.79 Å². The summed E-state index contributed by atoms with van der Waals surface area (Å²) in [4.78, 5) is 20.2. The van der Waals surface area contributed by atoms with Crippen molar-refractivity contribution in [1.82, 2.24) is 0 Å². The van der Waals surface area contributed by atoms with E-state index in [1.807, 2.05) is 55.1 Å². The van der Waals surface area contributed by atoms with E-state index in [1.165, 1.54) is 0 Å². The molecule has 4 nitrogen and oxygen atoms in total. The Morgan fingerprint density at radius 3 is 2.59 bits per heavy atom. The van der Waals surface area contributed by atoms with Crippen LogP contribution < -0.4 is 4.90 Å². The van der Waals surface area contributed by atoms with E-state index >= 15 is 0 Å². The quantitative estimate of drug-likeness (QED) is 0.749. The van der Waals surface area contributed by atoms with Gasteiger partial charge in [0.25, 0.3) is 5.91 Å². The number of benzene rings is 2. The minimum absolute atomic E-state index is 0.0590. The van der Waals surface area contributed by atoms with Gasteiger partial charge < -0.3 is 10.0 Å². The lowest BCUT2D eigenvalue weighted by Gasteiger charge is -2.26. The molecule has 0 aromatic heterocycles. The van der Waals surface area contributed by atoms with E-state index in [0.717, 1.165) is 41.8 Å². The van der Waals surface area contributed by atoms with Crippen LogP contribution in [0.15, 0.2) is 53.5 Å². The van der Waals surface area contributed by atoms with Gasteiger partial charge in [0.15, 0.2) is 0 Å². The molecule has 0 fully saturated rings. The summed E-state index contributed by atoms with van der Waals surface area (Å²) in [6.45, 7) is 6.94. The first-order valence-corrected chi connectivity index (χ1v) is 9.81. The Labute approximate surface area is 161 Å². The summed E-state index contributed by atoms with van der Waals surface area (Å²) in [6.07, 6.45) is 3.18. The fraction of sp³-hybridized carbons (Fsp3) is 0.391. The van der Waals surface area contributed by atoms with Gasteiger partial charge in [-0.15, -0.1) is 0 Å². The van der Waals surface area contributed by atoms with Crippen molar-refractivity contribution in [2.45, 2.75) is 46.1 Å². The fourth-order valence-corrected chi connectivity index (χ4v) is 3.52. The van der Waals surface area contributed by atoms with E-state index in [2.05, 4.69) is 6.92 Å². The Balaban J connectivity index is 2.15. The van der Waals surface area contributed by atoms with Crippen molar-refractivity contribution >= 4 is 17.3 Å². The lowest BCUT2D eigenvalue weighted by molar-refractivity contribution is -0.120. The van der Waals surface area contributed by atoms with Gasteiger partial charge in [-0.25, -0.2) is 0 Å². The zero-order chi connectivity index (χ0) is 19.4.